The van der Waals surface area contributed by atoms with Gasteiger partial charge in [-0.3, -0.25) is 4.79 Å². The summed E-state index contributed by atoms with van der Waals surface area (Å²) in [4.78, 5) is 12.0. The van der Waals surface area contributed by atoms with E-state index in [0.717, 1.165) is 17.3 Å². The van der Waals surface area contributed by atoms with Crippen LogP contribution in [0.25, 0.3) is 0 Å². The maximum Gasteiger partial charge on any atom is 0.271 e. The quantitative estimate of drug-likeness (QED) is 0.487. The van der Waals surface area contributed by atoms with Crippen molar-refractivity contribution >= 4 is 12.1 Å². The van der Waals surface area contributed by atoms with E-state index in [2.05, 4.69) is 10.5 Å². The van der Waals surface area contributed by atoms with Crippen molar-refractivity contribution in [2.75, 3.05) is 0 Å². The van der Waals surface area contributed by atoms with Crippen LogP contribution in [-0.2, 0) is 6.54 Å². The number of halogens is 1. The van der Waals surface area contributed by atoms with Crippen molar-refractivity contribution < 1.29 is 19.4 Å². The molecule has 26 heavy (non-hydrogen) atoms. The van der Waals surface area contributed by atoms with Crippen molar-refractivity contribution in [2.45, 2.75) is 6.54 Å². The van der Waals surface area contributed by atoms with Gasteiger partial charge in [-0.1, -0.05) is 12.1 Å². The van der Waals surface area contributed by atoms with Crippen molar-refractivity contribution in [3.05, 3.63) is 83.4 Å². The number of aromatic nitrogens is 1. The van der Waals surface area contributed by atoms with E-state index in [4.69, 9.17) is 0 Å². The Balaban J connectivity index is 1.66. The Morgan fingerprint density at radius 1 is 1.12 bits per heavy atom. The first-order chi connectivity index (χ1) is 12.5. The Morgan fingerprint density at radius 2 is 1.81 bits per heavy atom. The summed E-state index contributed by atoms with van der Waals surface area (Å²) in [6.45, 7) is 0.531. The second-order valence-corrected chi connectivity index (χ2v) is 5.62. The predicted molar refractivity (Wildman–Crippen MR) is 94.8 cm³/mol. The fourth-order valence-electron chi connectivity index (χ4n) is 2.42. The Hall–Kier alpha value is -3.61. The van der Waals surface area contributed by atoms with E-state index in [1.54, 1.807) is 12.1 Å². The summed E-state index contributed by atoms with van der Waals surface area (Å²) in [6, 6.07) is 13.4. The minimum Gasteiger partial charge on any atom is -0.508 e. The Labute approximate surface area is 148 Å². The van der Waals surface area contributed by atoms with Crippen molar-refractivity contribution in [3.8, 4) is 11.5 Å². The van der Waals surface area contributed by atoms with Gasteiger partial charge in [-0.25, -0.2) is 9.82 Å². The molecule has 0 aliphatic carbocycles. The monoisotopic (exact) mass is 353 g/mol. The molecule has 0 atom stereocenters. The molecule has 3 N–H and O–H groups in total. The molecule has 0 fully saturated rings. The van der Waals surface area contributed by atoms with E-state index in [0.29, 0.717) is 6.54 Å². The number of carbonyl (C=O) groups is 1. The SMILES string of the molecule is O=C(N/N=C/c1cccn1Cc1ccc(F)cc1)c1cc(O)cc(O)c1. The van der Waals surface area contributed by atoms with E-state index in [1.807, 2.05) is 22.9 Å². The van der Waals surface area contributed by atoms with Crippen LogP contribution in [-0.4, -0.2) is 26.9 Å². The van der Waals surface area contributed by atoms with Gasteiger partial charge >= 0.3 is 0 Å². The van der Waals surface area contributed by atoms with E-state index in [-0.39, 0.29) is 22.9 Å². The average Bonchev–Trinajstić information content (AvgIpc) is 3.03. The van der Waals surface area contributed by atoms with Gasteiger partial charge in [-0.2, -0.15) is 5.10 Å². The number of nitrogens with zero attached hydrogens (tertiary/aromatic N) is 2. The van der Waals surface area contributed by atoms with Crippen LogP contribution in [0.4, 0.5) is 4.39 Å². The van der Waals surface area contributed by atoms with E-state index in [1.165, 1.54) is 30.5 Å². The molecule has 7 heteroatoms. The van der Waals surface area contributed by atoms with Crippen LogP contribution in [0.2, 0.25) is 0 Å². The summed E-state index contributed by atoms with van der Waals surface area (Å²) < 4.78 is 14.9. The van der Waals surface area contributed by atoms with Crippen molar-refractivity contribution in [1.29, 1.82) is 0 Å². The smallest absolute Gasteiger partial charge is 0.271 e. The maximum absolute atomic E-state index is 13.0. The Bertz CT molecular complexity index is 929. The third-order valence-electron chi connectivity index (χ3n) is 3.66. The molecule has 2 aromatic carbocycles. The van der Waals surface area contributed by atoms with Gasteiger partial charge < -0.3 is 14.8 Å². The van der Waals surface area contributed by atoms with Crippen molar-refractivity contribution in [1.82, 2.24) is 9.99 Å². The Morgan fingerprint density at radius 3 is 2.50 bits per heavy atom. The van der Waals surface area contributed by atoms with Crippen LogP contribution in [0.5, 0.6) is 11.5 Å². The summed E-state index contributed by atoms with van der Waals surface area (Å²) in [6.07, 6.45) is 3.32. The van der Waals surface area contributed by atoms with E-state index < -0.39 is 5.91 Å². The first kappa shape index (κ1) is 17.2. The van der Waals surface area contributed by atoms with Crippen LogP contribution in [0.3, 0.4) is 0 Å². The molecule has 0 aliphatic rings. The van der Waals surface area contributed by atoms with Crippen molar-refractivity contribution in [2.24, 2.45) is 5.10 Å². The molecule has 3 aromatic rings. The number of hydrogen-bond donors (Lipinski definition) is 3. The Kier molecular flexibility index (Phi) is 4.98. The number of rotatable bonds is 5. The highest BCUT2D eigenvalue weighted by Gasteiger charge is 2.07. The second-order valence-electron chi connectivity index (χ2n) is 5.62. The van der Waals surface area contributed by atoms with Gasteiger partial charge in [0.1, 0.15) is 17.3 Å². The molecule has 1 amide bonds. The van der Waals surface area contributed by atoms with Crippen LogP contribution < -0.4 is 5.43 Å². The zero-order chi connectivity index (χ0) is 18.5. The van der Waals surface area contributed by atoms with Gasteiger partial charge in [0.05, 0.1) is 11.9 Å². The maximum atomic E-state index is 13.0. The molecule has 0 unspecified atom stereocenters. The highest BCUT2D eigenvalue weighted by Crippen LogP contribution is 2.20. The average molecular weight is 353 g/mol. The highest BCUT2D eigenvalue weighted by molar-refractivity contribution is 5.95. The fraction of sp³-hybridized carbons (Fsp3) is 0.0526. The zero-order valence-electron chi connectivity index (χ0n) is 13.6. The predicted octanol–water partition coefficient (Wildman–Crippen LogP) is 2.85. The summed E-state index contributed by atoms with van der Waals surface area (Å²) in [5.41, 5.74) is 4.09. The molecule has 132 valence electrons. The van der Waals surface area contributed by atoms with Gasteiger partial charge in [0.2, 0.25) is 0 Å². The first-order valence-corrected chi connectivity index (χ1v) is 7.77. The lowest BCUT2D eigenvalue weighted by atomic mass is 10.2. The summed E-state index contributed by atoms with van der Waals surface area (Å²) >= 11 is 0. The molecule has 3 rings (SSSR count). The number of phenolic OH excluding ortho intramolecular Hbond substituents is 2. The number of hydrazone groups is 1. The number of benzene rings is 2. The lowest BCUT2D eigenvalue weighted by Gasteiger charge is -2.06. The molecule has 6 nitrogen and oxygen atoms in total. The molecule has 1 aromatic heterocycles. The lowest BCUT2D eigenvalue weighted by molar-refractivity contribution is 0.0954. The molecule has 0 saturated heterocycles. The topological polar surface area (TPSA) is 86.9 Å². The van der Waals surface area contributed by atoms with E-state index in [9.17, 15) is 19.4 Å². The van der Waals surface area contributed by atoms with Gasteiger partial charge in [-0.15, -0.1) is 0 Å². The largest absolute Gasteiger partial charge is 0.508 e. The second kappa shape index (κ2) is 7.52. The van der Waals surface area contributed by atoms with E-state index >= 15 is 0 Å². The van der Waals surface area contributed by atoms with Gasteiger partial charge in [-0.05, 0) is 42.0 Å². The molecule has 0 spiro atoms. The molecule has 0 radical (unpaired) electrons. The van der Waals surface area contributed by atoms with Crippen LogP contribution in [0, 0.1) is 5.82 Å². The third-order valence-corrected chi connectivity index (χ3v) is 3.66. The van der Waals surface area contributed by atoms with Gasteiger partial charge in [0.25, 0.3) is 5.91 Å². The normalized spacial score (nSPS) is 11.0. The number of aromatic hydroxyl groups is 2. The van der Waals surface area contributed by atoms with Crippen LogP contribution in [0.15, 0.2) is 65.9 Å². The summed E-state index contributed by atoms with van der Waals surface area (Å²) in [5.74, 6) is -1.28. The minimum atomic E-state index is -0.566. The highest BCUT2D eigenvalue weighted by atomic mass is 19.1. The first-order valence-electron chi connectivity index (χ1n) is 7.77. The standard InChI is InChI=1S/C19H16FN3O3/c20-15-5-3-13(4-6-15)12-23-7-1-2-16(23)11-21-22-19(26)14-8-17(24)10-18(25)9-14/h1-11,24-25H,12H2,(H,22,26)/b21-11+. The number of amides is 1. The molecular weight excluding hydrogens is 337 g/mol. The number of carbonyl (C=O) groups excluding carboxylic acids is 1. The number of hydrogen-bond acceptors (Lipinski definition) is 4. The van der Waals surface area contributed by atoms with Crippen LogP contribution in [0.1, 0.15) is 21.6 Å². The third kappa shape index (κ3) is 4.27. The number of nitrogens with one attached hydrogen (secondary N) is 1. The zero-order valence-corrected chi connectivity index (χ0v) is 13.6. The minimum absolute atomic E-state index is 0.0846. The molecule has 0 saturated carbocycles. The summed E-state index contributed by atoms with van der Waals surface area (Å²) in [7, 11) is 0. The molecular formula is C19H16FN3O3. The van der Waals surface area contributed by atoms with Crippen molar-refractivity contribution in [3.63, 3.8) is 0 Å². The molecule has 0 aliphatic heterocycles. The van der Waals surface area contributed by atoms with Crippen LogP contribution >= 0.6 is 0 Å². The fourth-order valence-corrected chi connectivity index (χ4v) is 2.42. The van der Waals surface area contributed by atoms with Gasteiger partial charge in [0.15, 0.2) is 0 Å². The molecule has 1 heterocycles. The lowest BCUT2D eigenvalue weighted by Crippen LogP contribution is -2.17. The summed E-state index contributed by atoms with van der Waals surface area (Å²) in [5, 5.41) is 22.7. The van der Waals surface area contributed by atoms with Gasteiger partial charge in [0, 0.05) is 24.4 Å². The number of phenols is 2. The molecule has 0 bridgehead atoms.